The molecule has 150 valence electrons. The highest BCUT2D eigenvalue weighted by Gasteiger charge is 2.31. The molecular formula is C22H26O6. The topological polar surface area (TPSA) is 85.2 Å². The average molecular weight is 386 g/mol. The van der Waals surface area contributed by atoms with Gasteiger partial charge < -0.3 is 24.4 Å². The number of benzene rings is 2. The molecule has 0 radical (unpaired) electrons. The van der Waals surface area contributed by atoms with E-state index in [9.17, 15) is 9.90 Å². The van der Waals surface area contributed by atoms with Crippen molar-refractivity contribution in [2.75, 3.05) is 13.7 Å². The fraction of sp³-hybridized carbons (Fsp3) is 0.409. The second-order valence-electron chi connectivity index (χ2n) is 7.21. The number of aliphatic carboxylic acids is 1. The fourth-order valence-corrected chi connectivity index (χ4v) is 3.18. The number of carbonyl (C=O) groups is 1. The number of hydrogen-bond donors (Lipinski definition) is 2. The Hall–Kier alpha value is -2.73. The first-order valence-corrected chi connectivity index (χ1v) is 9.40. The Balaban J connectivity index is 1.44. The molecule has 2 aromatic rings. The Morgan fingerprint density at radius 3 is 2.43 bits per heavy atom. The van der Waals surface area contributed by atoms with E-state index in [1.165, 1.54) is 6.92 Å². The fourth-order valence-electron chi connectivity index (χ4n) is 3.18. The predicted molar refractivity (Wildman–Crippen MR) is 104 cm³/mol. The van der Waals surface area contributed by atoms with Crippen LogP contribution < -0.4 is 14.2 Å². The third-order valence-corrected chi connectivity index (χ3v) is 5.10. The molecule has 1 fully saturated rings. The summed E-state index contributed by atoms with van der Waals surface area (Å²) < 4.78 is 16.9. The Bertz CT molecular complexity index is 782. The molecule has 2 aromatic carbocycles. The quantitative estimate of drug-likeness (QED) is 0.684. The third kappa shape index (κ3) is 4.95. The van der Waals surface area contributed by atoms with Gasteiger partial charge in [-0.3, -0.25) is 4.79 Å². The van der Waals surface area contributed by atoms with Crippen LogP contribution >= 0.6 is 0 Å². The molecule has 0 bridgehead atoms. The highest BCUT2D eigenvalue weighted by atomic mass is 16.5. The zero-order valence-corrected chi connectivity index (χ0v) is 16.1. The van der Waals surface area contributed by atoms with E-state index < -0.39 is 18.0 Å². The average Bonchev–Trinajstić information content (AvgIpc) is 2.69. The van der Waals surface area contributed by atoms with Crippen molar-refractivity contribution in [2.45, 2.75) is 32.0 Å². The van der Waals surface area contributed by atoms with Gasteiger partial charge in [0.2, 0.25) is 0 Å². The molecule has 2 atom stereocenters. The van der Waals surface area contributed by atoms with Crippen LogP contribution in [0.4, 0.5) is 0 Å². The number of rotatable bonds is 9. The van der Waals surface area contributed by atoms with Gasteiger partial charge in [0.25, 0.3) is 0 Å². The Morgan fingerprint density at radius 1 is 1.11 bits per heavy atom. The number of ether oxygens (including phenoxy) is 3. The molecule has 0 amide bonds. The maximum Gasteiger partial charge on any atom is 0.309 e. The van der Waals surface area contributed by atoms with Gasteiger partial charge in [-0.1, -0.05) is 12.1 Å². The van der Waals surface area contributed by atoms with Crippen molar-refractivity contribution < 1.29 is 29.2 Å². The molecule has 0 aromatic heterocycles. The first kappa shape index (κ1) is 20.0. The monoisotopic (exact) mass is 386 g/mol. The SMILES string of the molecule is COc1ccc(OC2CC(COc3cccc([C@H](O)[C@H](C)C(=O)O)c3)C2)cc1. The van der Waals surface area contributed by atoms with Crippen LogP contribution in [-0.4, -0.2) is 36.0 Å². The van der Waals surface area contributed by atoms with Gasteiger partial charge in [-0.2, -0.15) is 0 Å². The maximum atomic E-state index is 11.0. The van der Waals surface area contributed by atoms with E-state index in [0.717, 1.165) is 24.3 Å². The summed E-state index contributed by atoms with van der Waals surface area (Å²) in [5.74, 6) is 0.772. The van der Waals surface area contributed by atoms with Gasteiger partial charge in [0.1, 0.15) is 17.2 Å². The standard InChI is InChI=1S/C22H26O6/c1-14(22(24)25)21(23)16-4-3-5-19(12-16)27-13-15-10-20(11-15)28-18-8-6-17(26-2)7-9-18/h3-9,12,14-15,20-21,23H,10-11,13H2,1-2H3,(H,24,25)/t14-,15?,20?,21+/m0/s1. The highest BCUT2D eigenvalue weighted by molar-refractivity contribution is 5.70. The molecule has 3 rings (SSSR count). The predicted octanol–water partition coefficient (Wildman–Crippen LogP) is 3.69. The lowest BCUT2D eigenvalue weighted by Crippen LogP contribution is -2.37. The van der Waals surface area contributed by atoms with Gasteiger partial charge in [0.15, 0.2) is 0 Å². The van der Waals surface area contributed by atoms with Crippen molar-refractivity contribution in [3.05, 3.63) is 54.1 Å². The smallest absolute Gasteiger partial charge is 0.309 e. The Labute approximate surface area is 164 Å². The molecule has 6 nitrogen and oxygen atoms in total. The van der Waals surface area contributed by atoms with E-state index in [2.05, 4.69) is 0 Å². The minimum atomic E-state index is -1.06. The summed E-state index contributed by atoms with van der Waals surface area (Å²) in [6, 6.07) is 14.5. The molecule has 1 aliphatic rings. The van der Waals surface area contributed by atoms with Gasteiger partial charge in [0.05, 0.1) is 31.8 Å². The summed E-state index contributed by atoms with van der Waals surface area (Å²) in [5.41, 5.74) is 0.543. The number of carboxylic acids is 1. The number of aliphatic hydroxyl groups excluding tert-OH is 1. The molecule has 0 spiro atoms. The molecule has 1 aliphatic carbocycles. The first-order valence-electron chi connectivity index (χ1n) is 9.40. The van der Waals surface area contributed by atoms with Crippen LogP contribution in [0.1, 0.15) is 31.4 Å². The van der Waals surface area contributed by atoms with E-state index in [0.29, 0.717) is 23.8 Å². The van der Waals surface area contributed by atoms with E-state index in [1.54, 1.807) is 25.3 Å². The van der Waals surface area contributed by atoms with E-state index in [4.69, 9.17) is 19.3 Å². The molecule has 28 heavy (non-hydrogen) atoms. The summed E-state index contributed by atoms with van der Waals surface area (Å²) in [7, 11) is 1.63. The van der Waals surface area contributed by atoms with Crippen LogP contribution in [0.3, 0.4) is 0 Å². The zero-order valence-electron chi connectivity index (χ0n) is 16.1. The lowest BCUT2D eigenvalue weighted by Gasteiger charge is -2.35. The van der Waals surface area contributed by atoms with Crippen molar-refractivity contribution >= 4 is 5.97 Å². The second kappa shape index (κ2) is 8.97. The van der Waals surface area contributed by atoms with Gasteiger partial charge in [-0.25, -0.2) is 0 Å². The third-order valence-electron chi connectivity index (χ3n) is 5.10. The van der Waals surface area contributed by atoms with Gasteiger partial charge >= 0.3 is 5.97 Å². The molecule has 1 saturated carbocycles. The van der Waals surface area contributed by atoms with Crippen LogP contribution in [0.25, 0.3) is 0 Å². The van der Waals surface area contributed by atoms with Gasteiger partial charge in [-0.05, 0) is 67.6 Å². The molecule has 0 unspecified atom stereocenters. The van der Waals surface area contributed by atoms with Crippen LogP contribution in [0.2, 0.25) is 0 Å². The van der Waals surface area contributed by atoms with Crippen LogP contribution in [0.15, 0.2) is 48.5 Å². The van der Waals surface area contributed by atoms with E-state index in [1.807, 2.05) is 30.3 Å². The number of carboxylic acid groups (broad SMARTS) is 1. The van der Waals surface area contributed by atoms with Gasteiger partial charge in [-0.15, -0.1) is 0 Å². The summed E-state index contributed by atoms with van der Waals surface area (Å²) in [5, 5.41) is 19.2. The van der Waals surface area contributed by atoms with Crippen molar-refractivity contribution in [1.82, 2.24) is 0 Å². The van der Waals surface area contributed by atoms with Crippen LogP contribution in [-0.2, 0) is 4.79 Å². The molecule has 0 saturated heterocycles. The molecule has 0 aliphatic heterocycles. The van der Waals surface area contributed by atoms with Crippen molar-refractivity contribution in [2.24, 2.45) is 11.8 Å². The largest absolute Gasteiger partial charge is 0.497 e. The summed E-state index contributed by atoms with van der Waals surface area (Å²) >= 11 is 0. The Kier molecular flexibility index (Phi) is 6.41. The van der Waals surface area contributed by atoms with Crippen molar-refractivity contribution in [3.8, 4) is 17.2 Å². The lowest BCUT2D eigenvalue weighted by molar-refractivity contribution is -0.145. The van der Waals surface area contributed by atoms with Crippen molar-refractivity contribution in [1.29, 1.82) is 0 Å². The van der Waals surface area contributed by atoms with Crippen molar-refractivity contribution in [3.63, 3.8) is 0 Å². The molecular weight excluding hydrogens is 360 g/mol. The van der Waals surface area contributed by atoms with Gasteiger partial charge in [0, 0.05) is 0 Å². The number of aliphatic hydroxyl groups is 1. The first-order chi connectivity index (χ1) is 13.5. The summed E-state index contributed by atoms with van der Waals surface area (Å²) in [6.07, 6.45) is 0.966. The van der Waals surface area contributed by atoms with E-state index >= 15 is 0 Å². The maximum absolute atomic E-state index is 11.0. The number of hydrogen-bond acceptors (Lipinski definition) is 5. The summed E-state index contributed by atoms with van der Waals surface area (Å²) in [4.78, 5) is 11.0. The number of methoxy groups -OCH3 is 1. The van der Waals surface area contributed by atoms with E-state index in [-0.39, 0.29) is 6.10 Å². The molecule has 6 heteroatoms. The minimum Gasteiger partial charge on any atom is -0.497 e. The Morgan fingerprint density at radius 2 is 1.79 bits per heavy atom. The normalized spacial score (nSPS) is 20.5. The molecule has 2 N–H and O–H groups in total. The molecule has 0 heterocycles. The second-order valence-corrected chi connectivity index (χ2v) is 7.21. The summed E-state index contributed by atoms with van der Waals surface area (Å²) in [6.45, 7) is 2.05. The highest BCUT2D eigenvalue weighted by Crippen LogP contribution is 2.33. The minimum absolute atomic E-state index is 0.187. The van der Waals surface area contributed by atoms with Crippen LogP contribution in [0.5, 0.6) is 17.2 Å². The zero-order chi connectivity index (χ0) is 20.1. The lowest BCUT2D eigenvalue weighted by atomic mass is 9.83. The van der Waals surface area contributed by atoms with Crippen LogP contribution in [0, 0.1) is 11.8 Å².